The van der Waals surface area contributed by atoms with E-state index in [1.54, 1.807) is 12.1 Å². The third kappa shape index (κ3) is 2.91. The molecule has 1 aromatic carbocycles. The van der Waals surface area contributed by atoms with Crippen LogP contribution in [0, 0.1) is 15.5 Å². The van der Waals surface area contributed by atoms with Crippen molar-refractivity contribution in [3.8, 4) is 0 Å². The molecule has 0 amide bonds. The van der Waals surface area contributed by atoms with Crippen molar-refractivity contribution < 1.29 is 15.1 Å². The van der Waals surface area contributed by atoms with Crippen molar-refractivity contribution in [1.82, 2.24) is 0 Å². The highest BCUT2D eigenvalue weighted by molar-refractivity contribution is 5.65. The number of benzene rings is 1. The van der Waals surface area contributed by atoms with Gasteiger partial charge in [0, 0.05) is 24.6 Å². The van der Waals surface area contributed by atoms with Crippen LogP contribution in [-0.4, -0.2) is 34.8 Å². The van der Waals surface area contributed by atoms with Crippen molar-refractivity contribution in [1.29, 1.82) is 0 Å². The van der Waals surface area contributed by atoms with Gasteiger partial charge < -0.3 is 15.1 Å². The van der Waals surface area contributed by atoms with Gasteiger partial charge in [-0.05, 0) is 30.5 Å². The second-order valence-corrected chi connectivity index (χ2v) is 5.73. The van der Waals surface area contributed by atoms with E-state index >= 15 is 0 Å². The van der Waals surface area contributed by atoms with E-state index in [2.05, 4.69) is 0 Å². The Morgan fingerprint density at radius 2 is 2.20 bits per heavy atom. The van der Waals surface area contributed by atoms with E-state index < -0.39 is 4.92 Å². The molecule has 0 radical (unpaired) electrons. The monoisotopic (exact) mass is 280 g/mol. The van der Waals surface area contributed by atoms with Crippen LogP contribution in [0.1, 0.15) is 25.3 Å². The fourth-order valence-electron chi connectivity index (χ4n) is 2.73. The molecule has 1 atom stereocenters. The molecule has 0 bridgehead atoms. The molecule has 1 aliphatic rings. The molecule has 0 aromatic heterocycles. The predicted octanol–water partition coefficient (Wildman–Crippen LogP) is 1.69. The minimum absolute atomic E-state index is 0.0457. The van der Waals surface area contributed by atoms with E-state index in [1.165, 1.54) is 6.07 Å². The normalized spacial score (nSPS) is 22.9. The molecule has 2 rings (SSSR count). The lowest BCUT2D eigenvalue weighted by atomic mass is 9.82. The van der Waals surface area contributed by atoms with Gasteiger partial charge in [-0.3, -0.25) is 10.1 Å². The Morgan fingerprint density at radius 1 is 1.45 bits per heavy atom. The first kappa shape index (κ1) is 14.7. The summed E-state index contributed by atoms with van der Waals surface area (Å²) in [4.78, 5) is 12.7. The van der Waals surface area contributed by atoms with Gasteiger partial charge in [0.05, 0.1) is 18.1 Å². The van der Waals surface area contributed by atoms with Gasteiger partial charge in [-0.25, -0.2) is 0 Å². The quantitative estimate of drug-likeness (QED) is 0.647. The van der Waals surface area contributed by atoms with Gasteiger partial charge in [0.1, 0.15) is 5.69 Å². The summed E-state index contributed by atoms with van der Waals surface area (Å²) in [6, 6.07) is 4.67. The molecule has 1 unspecified atom stereocenters. The highest BCUT2D eigenvalue weighted by atomic mass is 16.6. The zero-order valence-electron chi connectivity index (χ0n) is 11.6. The van der Waals surface area contributed by atoms with Crippen molar-refractivity contribution in [2.75, 3.05) is 24.6 Å². The van der Waals surface area contributed by atoms with E-state index in [1.807, 2.05) is 11.8 Å². The van der Waals surface area contributed by atoms with Crippen LogP contribution < -0.4 is 4.90 Å². The Bertz CT molecular complexity index is 506. The third-order valence-electron chi connectivity index (χ3n) is 3.92. The summed E-state index contributed by atoms with van der Waals surface area (Å²) >= 11 is 0. The summed E-state index contributed by atoms with van der Waals surface area (Å²) in [5, 5.41) is 29.9. The van der Waals surface area contributed by atoms with Gasteiger partial charge in [0.25, 0.3) is 5.69 Å². The number of anilines is 1. The average molecular weight is 280 g/mol. The maximum absolute atomic E-state index is 11.2. The number of hydrogen-bond donors (Lipinski definition) is 2. The summed E-state index contributed by atoms with van der Waals surface area (Å²) in [5.74, 6) is 0. The third-order valence-corrected chi connectivity index (χ3v) is 3.92. The Kier molecular flexibility index (Phi) is 4.25. The summed E-state index contributed by atoms with van der Waals surface area (Å²) in [7, 11) is 0. The fourth-order valence-corrected chi connectivity index (χ4v) is 2.73. The minimum Gasteiger partial charge on any atom is -0.396 e. The standard InChI is InChI=1S/C14H20N2O4/c1-14(10-18)5-2-6-15(9-14)13-7-11(8-17)3-4-12(13)16(19)20/h3-4,7,17-18H,2,5-6,8-10H2,1H3. The summed E-state index contributed by atoms with van der Waals surface area (Å²) in [6.45, 7) is 3.22. The lowest BCUT2D eigenvalue weighted by Crippen LogP contribution is -2.43. The molecule has 1 fully saturated rings. The molecule has 1 aliphatic heterocycles. The Labute approximate surface area is 117 Å². The summed E-state index contributed by atoms with van der Waals surface area (Å²) in [5.41, 5.74) is 0.994. The van der Waals surface area contributed by atoms with Gasteiger partial charge in [-0.1, -0.05) is 6.92 Å². The molecule has 2 N–H and O–H groups in total. The molecule has 6 heteroatoms. The minimum atomic E-state index is -0.401. The van der Waals surface area contributed by atoms with Crippen LogP contribution in [0.3, 0.4) is 0 Å². The zero-order valence-corrected chi connectivity index (χ0v) is 11.6. The van der Waals surface area contributed by atoms with Crippen molar-refractivity contribution >= 4 is 11.4 Å². The van der Waals surface area contributed by atoms with E-state index in [9.17, 15) is 20.3 Å². The summed E-state index contributed by atoms with van der Waals surface area (Å²) < 4.78 is 0. The zero-order chi connectivity index (χ0) is 14.8. The lowest BCUT2D eigenvalue weighted by Gasteiger charge is -2.40. The smallest absolute Gasteiger partial charge is 0.292 e. The fraction of sp³-hybridized carbons (Fsp3) is 0.571. The number of aliphatic hydroxyl groups excluding tert-OH is 2. The van der Waals surface area contributed by atoms with Crippen molar-refractivity contribution in [2.45, 2.75) is 26.4 Å². The SMILES string of the molecule is CC1(CO)CCCN(c2cc(CO)ccc2[N+](=O)[O-])C1. The number of nitro benzene ring substituents is 1. The first-order chi connectivity index (χ1) is 9.49. The van der Waals surface area contributed by atoms with Gasteiger partial charge in [-0.15, -0.1) is 0 Å². The van der Waals surface area contributed by atoms with Crippen LogP contribution in [0.2, 0.25) is 0 Å². The number of aliphatic hydroxyl groups is 2. The van der Waals surface area contributed by atoms with E-state index in [-0.39, 0.29) is 24.3 Å². The number of hydrogen-bond acceptors (Lipinski definition) is 5. The molecule has 0 saturated carbocycles. The Morgan fingerprint density at radius 3 is 2.80 bits per heavy atom. The van der Waals surface area contributed by atoms with Crippen LogP contribution in [0.4, 0.5) is 11.4 Å². The van der Waals surface area contributed by atoms with E-state index in [4.69, 9.17) is 0 Å². The van der Waals surface area contributed by atoms with Gasteiger partial charge in [0.2, 0.25) is 0 Å². The molecule has 0 spiro atoms. The van der Waals surface area contributed by atoms with Crippen LogP contribution in [-0.2, 0) is 6.61 Å². The Balaban J connectivity index is 2.37. The predicted molar refractivity (Wildman–Crippen MR) is 75.7 cm³/mol. The molecule has 6 nitrogen and oxygen atoms in total. The number of piperidine rings is 1. The molecule has 1 aromatic rings. The van der Waals surface area contributed by atoms with Crippen molar-refractivity contribution in [3.05, 3.63) is 33.9 Å². The highest BCUT2D eigenvalue weighted by Gasteiger charge is 2.33. The largest absolute Gasteiger partial charge is 0.396 e. The van der Waals surface area contributed by atoms with Crippen LogP contribution in [0.25, 0.3) is 0 Å². The van der Waals surface area contributed by atoms with Crippen LogP contribution >= 0.6 is 0 Å². The molecular formula is C14H20N2O4. The summed E-state index contributed by atoms with van der Waals surface area (Å²) in [6.07, 6.45) is 1.80. The van der Waals surface area contributed by atoms with Gasteiger partial charge in [0.15, 0.2) is 0 Å². The number of nitrogens with zero attached hydrogens (tertiary/aromatic N) is 2. The average Bonchev–Trinajstić information content (AvgIpc) is 2.46. The first-order valence-electron chi connectivity index (χ1n) is 6.73. The molecule has 110 valence electrons. The van der Waals surface area contributed by atoms with E-state index in [0.29, 0.717) is 17.8 Å². The van der Waals surface area contributed by atoms with E-state index in [0.717, 1.165) is 19.4 Å². The van der Waals surface area contributed by atoms with Crippen molar-refractivity contribution in [3.63, 3.8) is 0 Å². The maximum atomic E-state index is 11.2. The second-order valence-electron chi connectivity index (χ2n) is 5.73. The molecular weight excluding hydrogens is 260 g/mol. The molecule has 1 heterocycles. The maximum Gasteiger partial charge on any atom is 0.292 e. The topological polar surface area (TPSA) is 86.8 Å². The van der Waals surface area contributed by atoms with Crippen molar-refractivity contribution in [2.24, 2.45) is 5.41 Å². The second kappa shape index (κ2) is 5.76. The Hall–Kier alpha value is -1.66. The molecule has 20 heavy (non-hydrogen) atoms. The highest BCUT2D eigenvalue weighted by Crippen LogP contribution is 2.36. The van der Waals surface area contributed by atoms with Crippen LogP contribution in [0.15, 0.2) is 18.2 Å². The first-order valence-corrected chi connectivity index (χ1v) is 6.73. The van der Waals surface area contributed by atoms with Gasteiger partial charge >= 0.3 is 0 Å². The molecule has 0 aliphatic carbocycles. The number of nitro groups is 1. The lowest BCUT2D eigenvalue weighted by molar-refractivity contribution is -0.384. The van der Waals surface area contributed by atoms with Gasteiger partial charge in [-0.2, -0.15) is 0 Å². The van der Waals surface area contributed by atoms with Crippen LogP contribution in [0.5, 0.6) is 0 Å². The number of rotatable bonds is 4. The molecule has 1 saturated heterocycles.